The Morgan fingerprint density at radius 1 is 1.29 bits per heavy atom. The molecule has 1 aromatic carbocycles. The molecule has 28 heavy (non-hydrogen) atoms. The summed E-state index contributed by atoms with van der Waals surface area (Å²) >= 11 is 0. The zero-order valence-corrected chi connectivity index (χ0v) is 16.2. The first-order chi connectivity index (χ1) is 13.6. The Hall–Kier alpha value is -3.42. The van der Waals surface area contributed by atoms with Crippen molar-refractivity contribution >= 4 is 6.03 Å². The molecule has 0 spiro atoms. The van der Waals surface area contributed by atoms with Gasteiger partial charge in [0, 0.05) is 25.4 Å². The summed E-state index contributed by atoms with van der Waals surface area (Å²) in [6, 6.07) is 11.3. The highest BCUT2D eigenvalue weighted by Gasteiger charge is 2.18. The Balaban J connectivity index is 1.61. The Morgan fingerprint density at radius 3 is 2.75 bits per heavy atom. The first kappa shape index (κ1) is 19.3. The second-order valence-electron chi connectivity index (χ2n) is 6.28. The molecule has 0 saturated heterocycles. The van der Waals surface area contributed by atoms with Gasteiger partial charge in [-0.2, -0.15) is 5.10 Å². The van der Waals surface area contributed by atoms with E-state index in [4.69, 9.17) is 4.74 Å². The summed E-state index contributed by atoms with van der Waals surface area (Å²) in [5.74, 6) is 0.546. The number of pyridine rings is 1. The molecular weight excluding hydrogens is 356 g/mol. The van der Waals surface area contributed by atoms with Gasteiger partial charge in [0.05, 0.1) is 18.3 Å². The van der Waals surface area contributed by atoms with Crippen LogP contribution < -0.4 is 10.1 Å². The number of carbonyl (C=O) groups excluding carboxylic acids is 1. The number of rotatable bonds is 7. The second kappa shape index (κ2) is 8.98. The van der Waals surface area contributed by atoms with Crippen LogP contribution in [0.1, 0.15) is 31.0 Å². The number of hydrogen-bond acceptors (Lipinski definition) is 5. The van der Waals surface area contributed by atoms with Crippen LogP contribution in [-0.2, 0) is 6.54 Å². The van der Waals surface area contributed by atoms with Gasteiger partial charge in [-0.3, -0.25) is 0 Å². The van der Waals surface area contributed by atoms with Gasteiger partial charge < -0.3 is 15.0 Å². The van der Waals surface area contributed by atoms with Gasteiger partial charge in [-0.1, -0.05) is 18.2 Å². The van der Waals surface area contributed by atoms with Crippen LogP contribution in [0.25, 0.3) is 5.69 Å². The maximum atomic E-state index is 12.6. The molecule has 0 aliphatic rings. The zero-order valence-electron chi connectivity index (χ0n) is 16.2. The van der Waals surface area contributed by atoms with Gasteiger partial charge in [0.25, 0.3) is 0 Å². The number of urea groups is 1. The summed E-state index contributed by atoms with van der Waals surface area (Å²) in [6.45, 7) is 4.77. The summed E-state index contributed by atoms with van der Waals surface area (Å²) in [6.07, 6.45) is 4.81. The SMILES string of the molecule is CCOc1ncccc1CNC(=O)N(C)C(C)c1ccc(-n2cncn2)cc1. The number of aromatic nitrogens is 4. The van der Waals surface area contributed by atoms with Crippen LogP contribution in [0.3, 0.4) is 0 Å². The van der Waals surface area contributed by atoms with E-state index in [9.17, 15) is 4.79 Å². The van der Waals surface area contributed by atoms with Crippen LogP contribution in [0.15, 0.2) is 55.2 Å². The predicted molar refractivity (Wildman–Crippen MR) is 105 cm³/mol. The van der Waals surface area contributed by atoms with Crippen LogP contribution in [0.5, 0.6) is 5.88 Å². The average Bonchev–Trinajstić information content (AvgIpc) is 3.27. The quantitative estimate of drug-likeness (QED) is 0.681. The van der Waals surface area contributed by atoms with Crippen LogP contribution in [-0.4, -0.2) is 44.3 Å². The summed E-state index contributed by atoms with van der Waals surface area (Å²) in [5, 5.41) is 7.04. The predicted octanol–water partition coefficient (Wildman–Crippen LogP) is 2.96. The summed E-state index contributed by atoms with van der Waals surface area (Å²) < 4.78 is 7.19. The number of nitrogens with zero attached hydrogens (tertiary/aromatic N) is 5. The first-order valence-corrected chi connectivity index (χ1v) is 9.12. The zero-order chi connectivity index (χ0) is 19.9. The van der Waals surface area contributed by atoms with Crippen molar-refractivity contribution < 1.29 is 9.53 Å². The third kappa shape index (κ3) is 4.46. The molecule has 0 aliphatic carbocycles. The van der Waals surface area contributed by atoms with Crippen molar-refractivity contribution in [1.29, 1.82) is 0 Å². The lowest BCUT2D eigenvalue weighted by Crippen LogP contribution is -2.38. The van der Waals surface area contributed by atoms with E-state index >= 15 is 0 Å². The fraction of sp³-hybridized carbons (Fsp3) is 0.300. The van der Waals surface area contributed by atoms with Crippen LogP contribution in [0.4, 0.5) is 4.79 Å². The van der Waals surface area contributed by atoms with E-state index in [1.165, 1.54) is 6.33 Å². The average molecular weight is 380 g/mol. The molecule has 1 N–H and O–H groups in total. The van der Waals surface area contributed by atoms with Gasteiger partial charge in [0.1, 0.15) is 12.7 Å². The Kier molecular flexibility index (Phi) is 6.21. The third-order valence-electron chi connectivity index (χ3n) is 4.52. The largest absolute Gasteiger partial charge is 0.478 e. The molecule has 0 saturated carbocycles. The fourth-order valence-electron chi connectivity index (χ4n) is 2.77. The molecule has 2 aromatic heterocycles. The van der Waals surface area contributed by atoms with Crippen molar-refractivity contribution in [2.45, 2.75) is 26.4 Å². The minimum Gasteiger partial charge on any atom is -0.478 e. The Morgan fingerprint density at radius 2 is 2.07 bits per heavy atom. The molecule has 3 rings (SSSR count). The van der Waals surface area contributed by atoms with E-state index in [1.807, 2.05) is 50.2 Å². The first-order valence-electron chi connectivity index (χ1n) is 9.12. The molecule has 2 amide bonds. The molecule has 1 unspecified atom stereocenters. The summed E-state index contributed by atoms with van der Waals surface area (Å²) in [5.41, 5.74) is 2.79. The number of ether oxygens (including phenoxy) is 1. The van der Waals surface area contributed by atoms with Gasteiger partial charge in [0.2, 0.25) is 5.88 Å². The number of carbonyl (C=O) groups is 1. The topological polar surface area (TPSA) is 85.2 Å². The summed E-state index contributed by atoms with van der Waals surface area (Å²) in [7, 11) is 1.78. The molecule has 3 aromatic rings. The van der Waals surface area contributed by atoms with E-state index in [2.05, 4.69) is 20.4 Å². The van der Waals surface area contributed by atoms with E-state index in [0.717, 1.165) is 16.8 Å². The van der Waals surface area contributed by atoms with Crippen LogP contribution in [0, 0.1) is 0 Å². The van der Waals surface area contributed by atoms with Crippen molar-refractivity contribution in [3.63, 3.8) is 0 Å². The maximum Gasteiger partial charge on any atom is 0.317 e. The minimum absolute atomic E-state index is 0.0925. The normalized spacial score (nSPS) is 11.7. The standard InChI is InChI=1S/C20H24N6O2/c1-4-28-19-17(6-5-11-22-19)12-23-20(27)25(3)15(2)16-7-9-18(10-8-16)26-14-21-13-24-26/h5-11,13-15H,4,12H2,1-3H3,(H,23,27). The minimum atomic E-state index is -0.167. The number of hydrogen-bond donors (Lipinski definition) is 1. The van der Waals surface area contributed by atoms with Crippen LogP contribution in [0.2, 0.25) is 0 Å². The van der Waals surface area contributed by atoms with E-state index in [-0.39, 0.29) is 12.1 Å². The monoisotopic (exact) mass is 380 g/mol. The molecular formula is C20H24N6O2. The van der Waals surface area contributed by atoms with E-state index in [0.29, 0.717) is 19.0 Å². The molecule has 0 aliphatic heterocycles. The highest BCUT2D eigenvalue weighted by molar-refractivity contribution is 5.74. The molecule has 1 atom stereocenters. The van der Waals surface area contributed by atoms with E-state index in [1.54, 1.807) is 29.2 Å². The van der Waals surface area contributed by atoms with Crippen molar-refractivity contribution in [3.05, 3.63) is 66.4 Å². The Bertz CT molecular complexity index is 895. The fourth-order valence-corrected chi connectivity index (χ4v) is 2.77. The molecule has 8 nitrogen and oxygen atoms in total. The lowest BCUT2D eigenvalue weighted by Gasteiger charge is -2.26. The molecule has 2 heterocycles. The molecule has 8 heteroatoms. The lowest BCUT2D eigenvalue weighted by atomic mass is 10.1. The smallest absolute Gasteiger partial charge is 0.317 e. The van der Waals surface area contributed by atoms with Gasteiger partial charge in [-0.15, -0.1) is 0 Å². The molecule has 146 valence electrons. The van der Waals surface area contributed by atoms with Gasteiger partial charge in [-0.05, 0) is 37.6 Å². The molecule has 0 radical (unpaired) electrons. The van der Waals surface area contributed by atoms with Crippen LogP contribution >= 0.6 is 0 Å². The van der Waals surface area contributed by atoms with Gasteiger partial charge >= 0.3 is 6.03 Å². The van der Waals surface area contributed by atoms with Gasteiger partial charge in [0.15, 0.2) is 0 Å². The highest BCUT2D eigenvalue weighted by atomic mass is 16.5. The molecule has 0 fully saturated rings. The Labute approximate surface area is 164 Å². The number of nitrogens with one attached hydrogen (secondary N) is 1. The highest BCUT2D eigenvalue weighted by Crippen LogP contribution is 2.21. The summed E-state index contributed by atoms with van der Waals surface area (Å²) in [4.78, 5) is 22.4. The van der Waals surface area contributed by atoms with Gasteiger partial charge in [-0.25, -0.2) is 19.4 Å². The van der Waals surface area contributed by atoms with Crippen molar-refractivity contribution in [2.75, 3.05) is 13.7 Å². The van der Waals surface area contributed by atoms with Crippen molar-refractivity contribution in [2.24, 2.45) is 0 Å². The third-order valence-corrected chi connectivity index (χ3v) is 4.52. The second-order valence-corrected chi connectivity index (χ2v) is 6.28. The van der Waals surface area contributed by atoms with Crippen molar-refractivity contribution in [3.8, 4) is 11.6 Å². The van der Waals surface area contributed by atoms with Crippen molar-refractivity contribution in [1.82, 2.24) is 30.0 Å². The molecule has 0 bridgehead atoms. The van der Waals surface area contributed by atoms with E-state index < -0.39 is 0 Å². The maximum absolute atomic E-state index is 12.6. The lowest BCUT2D eigenvalue weighted by molar-refractivity contribution is 0.194. The number of benzene rings is 1. The number of amides is 2.